The monoisotopic (exact) mass is 428 g/mol. The van der Waals surface area contributed by atoms with Crippen LogP contribution < -0.4 is 11.2 Å². The van der Waals surface area contributed by atoms with Crippen LogP contribution in [0.25, 0.3) is 0 Å². The Bertz CT molecular complexity index is 913. The Morgan fingerprint density at radius 3 is 2.66 bits per heavy atom. The molecule has 12 heteroatoms. The van der Waals surface area contributed by atoms with Crippen LogP contribution >= 0.6 is 11.8 Å². The Balaban J connectivity index is 1.52. The number of rotatable bonds is 7. The van der Waals surface area contributed by atoms with Crippen molar-refractivity contribution < 1.29 is 22.8 Å². The van der Waals surface area contributed by atoms with Crippen LogP contribution in [0.2, 0.25) is 0 Å². The van der Waals surface area contributed by atoms with Crippen molar-refractivity contribution in [2.75, 3.05) is 30.5 Å². The van der Waals surface area contributed by atoms with Gasteiger partial charge in [0, 0.05) is 13.0 Å². The van der Waals surface area contributed by atoms with Gasteiger partial charge in [0.15, 0.2) is 5.82 Å². The number of nitrogens with two attached hydrogens (primary N) is 1. The van der Waals surface area contributed by atoms with Crippen LogP contribution in [0, 0.1) is 0 Å². The third kappa shape index (κ3) is 5.19. The van der Waals surface area contributed by atoms with Gasteiger partial charge >= 0.3 is 6.18 Å². The van der Waals surface area contributed by atoms with Crippen molar-refractivity contribution in [2.24, 2.45) is 0 Å². The third-order valence-corrected chi connectivity index (χ3v) is 5.20. The molecule has 3 rings (SSSR count). The molecule has 1 saturated carbocycles. The number of alkyl halides is 3. The number of para-hydroxylation sites is 1. The summed E-state index contributed by atoms with van der Waals surface area (Å²) in [6.07, 6.45) is -2.58. The van der Waals surface area contributed by atoms with Gasteiger partial charge < -0.3 is 16.1 Å². The Hall–Kier alpha value is -2.76. The molecule has 156 valence electrons. The number of hydrogen-bond acceptors (Lipinski definition) is 6. The Kier molecular flexibility index (Phi) is 6.01. The first-order chi connectivity index (χ1) is 13.7. The van der Waals surface area contributed by atoms with Gasteiger partial charge in [-0.3, -0.25) is 9.59 Å². The van der Waals surface area contributed by atoms with E-state index in [0.717, 1.165) is 41.6 Å². The minimum absolute atomic E-state index is 0.0388. The lowest BCUT2D eigenvalue weighted by atomic mass is 10.1. The van der Waals surface area contributed by atoms with E-state index in [0.29, 0.717) is 16.9 Å². The zero-order valence-electron chi connectivity index (χ0n) is 15.4. The number of nitrogen functional groups attached to an aromatic ring is 1. The second-order valence-corrected chi connectivity index (χ2v) is 7.56. The Labute approximate surface area is 168 Å². The van der Waals surface area contributed by atoms with Gasteiger partial charge in [-0.25, -0.2) is 4.68 Å². The van der Waals surface area contributed by atoms with Gasteiger partial charge in [-0.2, -0.15) is 13.2 Å². The molecule has 0 bridgehead atoms. The fourth-order valence-electron chi connectivity index (χ4n) is 2.58. The Morgan fingerprint density at radius 1 is 1.31 bits per heavy atom. The normalized spacial score (nSPS) is 13.9. The van der Waals surface area contributed by atoms with Crippen LogP contribution in [0.15, 0.2) is 29.4 Å². The van der Waals surface area contributed by atoms with Crippen molar-refractivity contribution in [3.8, 4) is 0 Å². The molecule has 1 aliphatic carbocycles. The molecule has 29 heavy (non-hydrogen) atoms. The highest BCUT2D eigenvalue weighted by Crippen LogP contribution is 2.39. The fourth-order valence-corrected chi connectivity index (χ4v) is 3.38. The molecular weight excluding hydrogens is 409 g/mol. The van der Waals surface area contributed by atoms with Crippen molar-refractivity contribution in [1.82, 2.24) is 19.8 Å². The summed E-state index contributed by atoms with van der Waals surface area (Å²) in [5.74, 6) is 5.73. The second kappa shape index (κ2) is 8.31. The summed E-state index contributed by atoms with van der Waals surface area (Å²) in [5, 5.41) is 10.6. The highest BCUT2D eigenvalue weighted by atomic mass is 32.2. The average molecular weight is 428 g/mol. The number of nitrogens with one attached hydrogen (secondary N) is 1. The number of hydrogen-bond donors (Lipinski definition) is 2. The van der Waals surface area contributed by atoms with Crippen LogP contribution in [0.5, 0.6) is 0 Å². The number of likely N-dealkylation sites (N-methyl/N-ethyl adjacent to an activating group) is 1. The van der Waals surface area contributed by atoms with Gasteiger partial charge in [0.25, 0.3) is 0 Å². The standard InChI is InChI=1S/C17H19F3N6O2S/c1-25(8-13(27)22-12-5-3-2-4-11(12)17(18,19)20)14(28)9-29-16-24-23-15(26(16)21)10-6-7-10/h2-5,10H,6-9,21H2,1H3,(H,22,27). The average Bonchev–Trinajstić information content (AvgIpc) is 3.42. The maximum absolute atomic E-state index is 13.0. The van der Waals surface area contributed by atoms with E-state index in [-0.39, 0.29) is 11.4 Å². The smallest absolute Gasteiger partial charge is 0.336 e. The van der Waals surface area contributed by atoms with Crippen molar-refractivity contribution in [3.63, 3.8) is 0 Å². The lowest BCUT2D eigenvalue weighted by molar-refractivity contribution is -0.137. The Morgan fingerprint density at radius 2 is 2.00 bits per heavy atom. The molecule has 0 saturated heterocycles. The quantitative estimate of drug-likeness (QED) is 0.517. The molecule has 1 fully saturated rings. The lowest BCUT2D eigenvalue weighted by Gasteiger charge is -2.18. The van der Waals surface area contributed by atoms with Gasteiger partial charge in [0.1, 0.15) is 0 Å². The lowest BCUT2D eigenvalue weighted by Crippen LogP contribution is -2.36. The van der Waals surface area contributed by atoms with E-state index >= 15 is 0 Å². The molecule has 0 unspecified atom stereocenters. The molecule has 1 aromatic heterocycles. The van der Waals surface area contributed by atoms with E-state index in [1.165, 1.54) is 23.9 Å². The minimum atomic E-state index is -4.60. The van der Waals surface area contributed by atoms with Gasteiger partial charge in [0.2, 0.25) is 17.0 Å². The van der Waals surface area contributed by atoms with Crippen LogP contribution in [-0.4, -0.2) is 50.9 Å². The number of halogens is 3. The zero-order chi connectivity index (χ0) is 21.2. The van der Waals surface area contributed by atoms with E-state index in [4.69, 9.17) is 5.84 Å². The fraction of sp³-hybridized carbons (Fsp3) is 0.412. The first-order valence-corrected chi connectivity index (χ1v) is 9.68. The van der Waals surface area contributed by atoms with Crippen LogP contribution in [0.1, 0.15) is 30.1 Å². The summed E-state index contributed by atoms with van der Waals surface area (Å²) in [4.78, 5) is 25.5. The number of amides is 2. The number of aromatic nitrogens is 3. The van der Waals surface area contributed by atoms with Crippen molar-refractivity contribution in [3.05, 3.63) is 35.7 Å². The number of thioether (sulfide) groups is 1. The van der Waals surface area contributed by atoms with Crippen molar-refractivity contribution in [2.45, 2.75) is 30.1 Å². The summed E-state index contributed by atoms with van der Waals surface area (Å²) in [5.41, 5.74) is -1.31. The van der Waals surface area contributed by atoms with Gasteiger partial charge in [0.05, 0.1) is 23.5 Å². The highest BCUT2D eigenvalue weighted by Gasteiger charge is 2.33. The molecule has 1 aromatic carbocycles. The second-order valence-electron chi connectivity index (χ2n) is 6.62. The van der Waals surface area contributed by atoms with Crippen LogP contribution in [-0.2, 0) is 15.8 Å². The highest BCUT2D eigenvalue weighted by molar-refractivity contribution is 7.99. The SMILES string of the molecule is CN(CC(=O)Nc1ccccc1C(F)(F)F)C(=O)CSc1nnc(C2CC2)n1N. The first kappa shape index (κ1) is 21.0. The summed E-state index contributed by atoms with van der Waals surface area (Å²) in [7, 11) is 1.39. The van der Waals surface area contributed by atoms with E-state index in [9.17, 15) is 22.8 Å². The third-order valence-electron chi connectivity index (χ3n) is 4.27. The van der Waals surface area contributed by atoms with E-state index < -0.39 is 30.1 Å². The largest absolute Gasteiger partial charge is 0.418 e. The van der Waals surface area contributed by atoms with Crippen molar-refractivity contribution in [1.29, 1.82) is 0 Å². The van der Waals surface area contributed by atoms with E-state index in [1.807, 2.05) is 0 Å². The van der Waals surface area contributed by atoms with E-state index in [2.05, 4.69) is 15.5 Å². The molecule has 0 radical (unpaired) electrons. The molecule has 8 nitrogen and oxygen atoms in total. The number of nitrogens with zero attached hydrogens (tertiary/aromatic N) is 4. The predicted octanol–water partition coefficient (Wildman–Crippen LogP) is 2.08. The maximum Gasteiger partial charge on any atom is 0.418 e. The number of benzene rings is 1. The summed E-state index contributed by atoms with van der Waals surface area (Å²) >= 11 is 1.08. The molecular formula is C17H19F3N6O2S. The van der Waals surface area contributed by atoms with Gasteiger partial charge in [-0.15, -0.1) is 10.2 Å². The summed E-state index contributed by atoms with van der Waals surface area (Å²) < 4.78 is 40.3. The minimum Gasteiger partial charge on any atom is -0.336 e. The molecule has 2 aromatic rings. The van der Waals surface area contributed by atoms with Crippen molar-refractivity contribution >= 4 is 29.3 Å². The number of carbonyl (C=O) groups is 2. The van der Waals surface area contributed by atoms with Gasteiger partial charge in [-0.1, -0.05) is 23.9 Å². The van der Waals surface area contributed by atoms with Gasteiger partial charge in [-0.05, 0) is 25.0 Å². The number of anilines is 1. The molecule has 0 spiro atoms. The molecule has 0 aliphatic heterocycles. The molecule has 3 N–H and O–H groups in total. The maximum atomic E-state index is 13.0. The molecule has 2 amide bonds. The topological polar surface area (TPSA) is 106 Å². The van der Waals surface area contributed by atoms with Crippen LogP contribution in [0.4, 0.5) is 18.9 Å². The molecule has 1 heterocycles. The van der Waals surface area contributed by atoms with E-state index in [1.54, 1.807) is 0 Å². The summed E-state index contributed by atoms with van der Waals surface area (Å²) in [6.45, 7) is -0.395. The molecule has 0 atom stereocenters. The van der Waals surface area contributed by atoms with Crippen LogP contribution in [0.3, 0.4) is 0 Å². The zero-order valence-corrected chi connectivity index (χ0v) is 16.3. The predicted molar refractivity (Wildman–Crippen MR) is 101 cm³/mol. The number of carbonyl (C=O) groups excluding carboxylic acids is 2. The molecule has 1 aliphatic rings. The first-order valence-electron chi connectivity index (χ1n) is 8.70. The summed E-state index contributed by atoms with van der Waals surface area (Å²) in [6, 6.07) is 4.65.